The Hall–Kier alpha value is -1.93. The highest BCUT2D eigenvalue weighted by Gasteiger charge is 2.11. The maximum absolute atomic E-state index is 11.6. The van der Waals surface area contributed by atoms with Crippen molar-refractivity contribution in [1.29, 1.82) is 0 Å². The minimum atomic E-state index is -0.651. The van der Waals surface area contributed by atoms with Gasteiger partial charge in [-0.25, -0.2) is 4.79 Å². The Morgan fingerprint density at radius 1 is 0.656 bits per heavy atom. The van der Waals surface area contributed by atoms with Crippen molar-refractivity contribution in [3.8, 4) is 11.8 Å². The number of methoxy groups -OCH3 is 1. The van der Waals surface area contributed by atoms with Crippen LogP contribution in [-0.2, 0) is 38.0 Å². The molecule has 2 N–H and O–H groups in total. The number of aromatic nitrogens is 1. The lowest BCUT2D eigenvalue weighted by atomic mass is 10.5. The second kappa shape index (κ2) is 19.7. The van der Waals surface area contributed by atoms with Crippen LogP contribution in [-0.4, -0.2) is 114 Å². The number of nitrogens with zero attached hydrogens (tertiary/aromatic N) is 1. The van der Waals surface area contributed by atoms with E-state index in [1.54, 1.807) is 7.11 Å². The number of ether oxygens (including phenoxy) is 7. The summed E-state index contributed by atoms with van der Waals surface area (Å²) in [7, 11) is 1.63. The van der Waals surface area contributed by atoms with Crippen molar-refractivity contribution >= 4 is 5.97 Å². The summed E-state index contributed by atoms with van der Waals surface area (Å²) in [5.41, 5.74) is 0. The molecule has 0 amide bonds. The van der Waals surface area contributed by atoms with E-state index in [0.29, 0.717) is 84.0 Å². The van der Waals surface area contributed by atoms with Crippen molar-refractivity contribution in [1.82, 2.24) is 4.73 Å². The molecule has 0 bridgehead atoms. The molecule has 0 saturated heterocycles. The summed E-state index contributed by atoms with van der Waals surface area (Å²) in [4.78, 5) is 16.4. The van der Waals surface area contributed by atoms with Crippen molar-refractivity contribution < 1.29 is 53.0 Å². The molecule has 186 valence electrons. The minimum Gasteiger partial charge on any atom is -0.492 e. The van der Waals surface area contributed by atoms with Crippen molar-refractivity contribution in [2.24, 2.45) is 0 Å². The summed E-state index contributed by atoms with van der Waals surface area (Å²) in [5.74, 6) is -1.39. The predicted molar refractivity (Wildman–Crippen MR) is 111 cm³/mol. The average Bonchev–Trinajstić information content (AvgIpc) is 3.09. The molecule has 1 aromatic rings. The smallest absolute Gasteiger partial charge is 0.335 e. The monoisotopic (exact) mass is 465 g/mol. The van der Waals surface area contributed by atoms with Gasteiger partial charge < -0.3 is 48.2 Å². The number of carbonyl (C=O) groups is 1. The second-order valence-electron chi connectivity index (χ2n) is 6.22. The molecule has 12 nitrogen and oxygen atoms in total. The van der Waals surface area contributed by atoms with Crippen LogP contribution < -0.4 is 4.84 Å². The fourth-order valence-corrected chi connectivity index (χ4v) is 2.14. The van der Waals surface area contributed by atoms with Gasteiger partial charge in [-0.05, 0) is 0 Å². The number of hydrogen-bond donors (Lipinski definition) is 2. The van der Waals surface area contributed by atoms with Crippen molar-refractivity contribution in [2.45, 2.75) is 6.42 Å². The molecule has 32 heavy (non-hydrogen) atoms. The van der Waals surface area contributed by atoms with Gasteiger partial charge in [0.25, 0.3) is 0 Å². The molecule has 0 spiro atoms. The number of rotatable bonds is 22. The standard InChI is InChI=1S/C20H35NO11/c1-25-6-7-27-10-11-29-14-15-31-17-16-30-13-12-28-9-8-26-5-4-20(24)32-21-18(22)2-3-19(21)23/h2-3,22-23H,4-17H2,1H3. The van der Waals surface area contributed by atoms with Gasteiger partial charge in [-0.2, -0.15) is 0 Å². The number of aromatic hydroxyl groups is 2. The number of hydrogen-bond acceptors (Lipinski definition) is 11. The average molecular weight is 465 g/mol. The lowest BCUT2D eigenvalue weighted by molar-refractivity contribution is -0.146. The van der Waals surface area contributed by atoms with Gasteiger partial charge in [-0.3, -0.25) is 0 Å². The van der Waals surface area contributed by atoms with E-state index >= 15 is 0 Å². The van der Waals surface area contributed by atoms with E-state index in [4.69, 9.17) is 38.0 Å². The maximum Gasteiger partial charge on any atom is 0.335 e. The Bertz CT molecular complexity index is 562. The minimum absolute atomic E-state index is 0.0343. The molecule has 0 aromatic carbocycles. The fraction of sp³-hybridized carbons (Fsp3) is 0.750. The zero-order chi connectivity index (χ0) is 23.3. The molecule has 0 unspecified atom stereocenters. The summed E-state index contributed by atoms with van der Waals surface area (Å²) in [6.45, 7) is 5.82. The largest absolute Gasteiger partial charge is 0.492 e. The van der Waals surface area contributed by atoms with Gasteiger partial charge in [-0.15, -0.1) is 4.73 Å². The molecule has 1 rings (SSSR count). The van der Waals surface area contributed by atoms with Crippen LogP contribution in [0, 0.1) is 0 Å². The van der Waals surface area contributed by atoms with Crippen LogP contribution in [0.15, 0.2) is 12.1 Å². The van der Waals surface area contributed by atoms with Gasteiger partial charge in [0.05, 0.1) is 92.3 Å². The molecule has 0 fully saturated rings. The van der Waals surface area contributed by atoms with E-state index in [9.17, 15) is 15.0 Å². The topological polar surface area (TPSA) is 136 Å². The van der Waals surface area contributed by atoms with Crippen LogP contribution >= 0.6 is 0 Å². The quantitative estimate of drug-likeness (QED) is 0.224. The number of carbonyl (C=O) groups excluding carboxylic acids is 1. The predicted octanol–water partition coefficient (Wildman–Crippen LogP) is -0.00940. The first-order valence-corrected chi connectivity index (χ1v) is 10.4. The second-order valence-corrected chi connectivity index (χ2v) is 6.22. The first-order valence-electron chi connectivity index (χ1n) is 10.4. The Balaban J connectivity index is 1.75. The Morgan fingerprint density at radius 3 is 1.38 bits per heavy atom. The Kier molecular flexibility index (Phi) is 17.3. The zero-order valence-electron chi connectivity index (χ0n) is 18.6. The van der Waals surface area contributed by atoms with E-state index in [0.717, 1.165) is 0 Å². The molecule has 0 radical (unpaired) electrons. The summed E-state index contributed by atoms with van der Waals surface area (Å²) in [5, 5.41) is 18.7. The normalized spacial score (nSPS) is 11.2. The third kappa shape index (κ3) is 15.0. The Labute approximate surface area is 187 Å². The first kappa shape index (κ1) is 28.1. The molecule has 12 heteroatoms. The van der Waals surface area contributed by atoms with Gasteiger partial charge >= 0.3 is 5.97 Å². The molecule has 0 aliphatic heterocycles. The maximum atomic E-state index is 11.6. The molecule has 1 heterocycles. The third-order valence-electron chi connectivity index (χ3n) is 3.73. The SMILES string of the molecule is COCCOCCOCCOCCOCCOCCOCCC(=O)On1c(O)ccc1O. The molecular formula is C20H35NO11. The van der Waals surface area contributed by atoms with Crippen molar-refractivity contribution in [2.75, 3.05) is 93.0 Å². The highest BCUT2D eigenvalue weighted by atomic mass is 16.7. The van der Waals surface area contributed by atoms with E-state index in [1.807, 2.05) is 0 Å². The van der Waals surface area contributed by atoms with Crippen LogP contribution in [0.5, 0.6) is 11.8 Å². The van der Waals surface area contributed by atoms with Crippen LogP contribution in [0.3, 0.4) is 0 Å². The summed E-state index contributed by atoms with van der Waals surface area (Å²) in [6.07, 6.45) is -0.0343. The van der Waals surface area contributed by atoms with Crippen LogP contribution in [0.2, 0.25) is 0 Å². The van der Waals surface area contributed by atoms with E-state index < -0.39 is 5.97 Å². The van der Waals surface area contributed by atoms with Gasteiger partial charge in [-0.1, -0.05) is 0 Å². The molecule has 0 aliphatic carbocycles. The van der Waals surface area contributed by atoms with Crippen LogP contribution in [0.4, 0.5) is 0 Å². The summed E-state index contributed by atoms with van der Waals surface area (Å²) in [6, 6.07) is 2.40. The van der Waals surface area contributed by atoms with Gasteiger partial charge in [0.2, 0.25) is 11.8 Å². The van der Waals surface area contributed by atoms with E-state index in [2.05, 4.69) is 0 Å². The molecule has 0 aliphatic rings. The molecule has 0 saturated carbocycles. The van der Waals surface area contributed by atoms with Gasteiger partial charge in [0.1, 0.15) is 0 Å². The lowest BCUT2D eigenvalue weighted by Gasteiger charge is -2.08. The molecule has 0 atom stereocenters. The van der Waals surface area contributed by atoms with Crippen LogP contribution in [0.1, 0.15) is 6.42 Å². The van der Waals surface area contributed by atoms with Crippen molar-refractivity contribution in [3.63, 3.8) is 0 Å². The lowest BCUT2D eigenvalue weighted by Crippen LogP contribution is -2.20. The highest BCUT2D eigenvalue weighted by molar-refractivity contribution is 5.70. The summed E-state index contributed by atoms with van der Waals surface area (Å²) >= 11 is 0. The van der Waals surface area contributed by atoms with Crippen molar-refractivity contribution in [3.05, 3.63) is 12.1 Å². The fourth-order valence-electron chi connectivity index (χ4n) is 2.14. The molecule has 1 aromatic heterocycles. The van der Waals surface area contributed by atoms with E-state index in [1.165, 1.54) is 12.1 Å². The van der Waals surface area contributed by atoms with Crippen LogP contribution in [0.25, 0.3) is 0 Å². The molecular weight excluding hydrogens is 430 g/mol. The van der Waals surface area contributed by atoms with Gasteiger partial charge in [0.15, 0.2) is 0 Å². The third-order valence-corrected chi connectivity index (χ3v) is 3.73. The van der Waals surface area contributed by atoms with E-state index in [-0.39, 0.29) is 24.8 Å². The first-order chi connectivity index (χ1) is 15.6. The summed E-state index contributed by atoms with van der Waals surface area (Å²) < 4.78 is 37.5. The highest BCUT2D eigenvalue weighted by Crippen LogP contribution is 2.18. The van der Waals surface area contributed by atoms with Gasteiger partial charge in [0, 0.05) is 19.2 Å². The Morgan fingerprint density at radius 2 is 1.00 bits per heavy atom. The zero-order valence-corrected chi connectivity index (χ0v) is 18.6.